The summed E-state index contributed by atoms with van der Waals surface area (Å²) in [7, 11) is 0. The van der Waals surface area contributed by atoms with Crippen molar-refractivity contribution in [3.05, 3.63) is 23.8 Å². The zero-order valence-corrected chi connectivity index (χ0v) is 8.75. The smallest absolute Gasteiger partial charge is 0.115 e. The van der Waals surface area contributed by atoms with Crippen molar-refractivity contribution in [1.29, 1.82) is 0 Å². The van der Waals surface area contributed by atoms with Crippen molar-refractivity contribution in [2.24, 2.45) is 0 Å². The number of aromatic nitrogens is 2. The standard InChI is InChI=1S/C11H18N2/c1-4-6-10(5-2)11-7-12-8-13-9(11)3/h7-8,10H,4-6H2,1-3H3. The molecule has 0 fully saturated rings. The van der Waals surface area contributed by atoms with E-state index < -0.39 is 0 Å². The summed E-state index contributed by atoms with van der Waals surface area (Å²) in [4.78, 5) is 8.30. The summed E-state index contributed by atoms with van der Waals surface area (Å²) in [5.41, 5.74) is 2.46. The van der Waals surface area contributed by atoms with Crippen LogP contribution in [0.1, 0.15) is 50.3 Å². The summed E-state index contributed by atoms with van der Waals surface area (Å²) in [5, 5.41) is 0. The molecule has 1 aromatic heterocycles. The van der Waals surface area contributed by atoms with Crippen molar-refractivity contribution in [2.45, 2.75) is 46.0 Å². The molecule has 72 valence electrons. The third-order valence-corrected chi connectivity index (χ3v) is 2.52. The summed E-state index contributed by atoms with van der Waals surface area (Å²) in [6, 6.07) is 0. The minimum atomic E-state index is 0.645. The van der Waals surface area contributed by atoms with E-state index in [4.69, 9.17) is 0 Å². The van der Waals surface area contributed by atoms with Crippen LogP contribution in [0.5, 0.6) is 0 Å². The Kier molecular flexibility index (Phi) is 3.87. The van der Waals surface area contributed by atoms with Crippen LogP contribution < -0.4 is 0 Å². The van der Waals surface area contributed by atoms with Gasteiger partial charge in [-0.25, -0.2) is 9.97 Å². The second-order valence-electron chi connectivity index (χ2n) is 3.46. The molecule has 0 saturated heterocycles. The molecule has 1 rings (SSSR count). The topological polar surface area (TPSA) is 25.8 Å². The van der Waals surface area contributed by atoms with Crippen molar-refractivity contribution in [2.75, 3.05) is 0 Å². The molecule has 0 aliphatic carbocycles. The van der Waals surface area contributed by atoms with Crippen molar-refractivity contribution >= 4 is 0 Å². The van der Waals surface area contributed by atoms with E-state index in [1.165, 1.54) is 24.8 Å². The number of hydrogen-bond acceptors (Lipinski definition) is 2. The van der Waals surface area contributed by atoms with Gasteiger partial charge in [-0.1, -0.05) is 20.3 Å². The molecule has 1 heterocycles. The largest absolute Gasteiger partial charge is 0.245 e. The lowest BCUT2D eigenvalue weighted by molar-refractivity contribution is 0.587. The van der Waals surface area contributed by atoms with E-state index in [2.05, 4.69) is 30.7 Å². The van der Waals surface area contributed by atoms with E-state index >= 15 is 0 Å². The second-order valence-corrected chi connectivity index (χ2v) is 3.46. The van der Waals surface area contributed by atoms with E-state index in [0.717, 1.165) is 5.69 Å². The summed E-state index contributed by atoms with van der Waals surface area (Å²) in [6.45, 7) is 6.52. The normalized spacial score (nSPS) is 12.8. The molecule has 0 saturated carbocycles. The minimum absolute atomic E-state index is 0.645. The SMILES string of the molecule is CCCC(CC)c1cncnc1C. The maximum atomic E-state index is 4.22. The molecule has 2 nitrogen and oxygen atoms in total. The Labute approximate surface area is 80.4 Å². The fraction of sp³-hybridized carbons (Fsp3) is 0.636. The molecule has 1 unspecified atom stereocenters. The number of nitrogens with zero attached hydrogens (tertiary/aromatic N) is 2. The van der Waals surface area contributed by atoms with E-state index in [1.807, 2.05) is 6.20 Å². The third-order valence-electron chi connectivity index (χ3n) is 2.52. The molecule has 0 N–H and O–H groups in total. The maximum Gasteiger partial charge on any atom is 0.115 e. The molecule has 13 heavy (non-hydrogen) atoms. The highest BCUT2D eigenvalue weighted by atomic mass is 14.8. The average molecular weight is 178 g/mol. The van der Waals surface area contributed by atoms with Crippen LogP contribution in [0.25, 0.3) is 0 Å². The van der Waals surface area contributed by atoms with Crippen molar-refractivity contribution in [1.82, 2.24) is 9.97 Å². The summed E-state index contributed by atoms with van der Waals surface area (Å²) in [5.74, 6) is 0.645. The van der Waals surface area contributed by atoms with Crippen molar-refractivity contribution in [3.63, 3.8) is 0 Å². The maximum absolute atomic E-state index is 4.22. The summed E-state index contributed by atoms with van der Waals surface area (Å²) >= 11 is 0. The van der Waals surface area contributed by atoms with Gasteiger partial charge >= 0.3 is 0 Å². The zero-order valence-electron chi connectivity index (χ0n) is 8.75. The van der Waals surface area contributed by atoms with E-state index in [9.17, 15) is 0 Å². The van der Waals surface area contributed by atoms with Gasteiger partial charge in [0, 0.05) is 11.9 Å². The number of rotatable bonds is 4. The minimum Gasteiger partial charge on any atom is -0.245 e. The highest BCUT2D eigenvalue weighted by molar-refractivity contribution is 5.19. The van der Waals surface area contributed by atoms with Crippen LogP contribution in [0.2, 0.25) is 0 Å². The fourth-order valence-electron chi connectivity index (χ4n) is 1.73. The molecule has 0 radical (unpaired) electrons. The highest BCUT2D eigenvalue weighted by Crippen LogP contribution is 2.25. The Bertz CT molecular complexity index is 258. The van der Waals surface area contributed by atoms with Gasteiger partial charge < -0.3 is 0 Å². The van der Waals surface area contributed by atoms with E-state index in [-0.39, 0.29) is 0 Å². The Morgan fingerprint density at radius 3 is 2.69 bits per heavy atom. The first kappa shape index (κ1) is 10.2. The summed E-state index contributed by atoms with van der Waals surface area (Å²) in [6.07, 6.45) is 7.24. The van der Waals surface area contributed by atoms with Gasteiger partial charge in [0.1, 0.15) is 6.33 Å². The highest BCUT2D eigenvalue weighted by Gasteiger charge is 2.11. The van der Waals surface area contributed by atoms with Gasteiger partial charge in [-0.05, 0) is 31.2 Å². The lowest BCUT2D eigenvalue weighted by atomic mass is 9.92. The van der Waals surface area contributed by atoms with E-state index in [1.54, 1.807) is 6.33 Å². The predicted molar refractivity (Wildman–Crippen MR) is 54.7 cm³/mol. The average Bonchev–Trinajstić information content (AvgIpc) is 2.16. The Balaban J connectivity index is 2.84. The van der Waals surface area contributed by atoms with Crippen LogP contribution in [-0.2, 0) is 0 Å². The van der Waals surface area contributed by atoms with Gasteiger partial charge in [-0.3, -0.25) is 0 Å². The monoisotopic (exact) mass is 178 g/mol. The van der Waals surface area contributed by atoms with Crippen LogP contribution >= 0.6 is 0 Å². The zero-order chi connectivity index (χ0) is 9.68. The van der Waals surface area contributed by atoms with Gasteiger partial charge in [-0.15, -0.1) is 0 Å². The number of hydrogen-bond donors (Lipinski definition) is 0. The van der Waals surface area contributed by atoms with Crippen LogP contribution in [0.15, 0.2) is 12.5 Å². The van der Waals surface area contributed by atoms with Crippen molar-refractivity contribution in [3.8, 4) is 0 Å². The lowest BCUT2D eigenvalue weighted by Gasteiger charge is -2.14. The first-order chi connectivity index (χ1) is 6.29. The first-order valence-electron chi connectivity index (χ1n) is 5.06. The van der Waals surface area contributed by atoms with E-state index in [0.29, 0.717) is 5.92 Å². The molecule has 1 atom stereocenters. The molecule has 0 amide bonds. The number of aryl methyl sites for hydroxylation is 1. The Hall–Kier alpha value is -0.920. The molecule has 0 bridgehead atoms. The van der Waals surface area contributed by atoms with Crippen LogP contribution in [0.3, 0.4) is 0 Å². The Morgan fingerprint density at radius 1 is 1.38 bits per heavy atom. The molecule has 0 aromatic carbocycles. The third kappa shape index (κ3) is 2.51. The van der Waals surface area contributed by atoms with Gasteiger partial charge in [-0.2, -0.15) is 0 Å². The molecule has 0 aliphatic rings. The molecule has 2 heteroatoms. The molecular weight excluding hydrogens is 160 g/mol. The van der Waals surface area contributed by atoms with Crippen LogP contribution in [0.4, 0.5) is 0 Å². The Morgan fingerprint density at radius 2 is 2.15 bits per heavy atom. The van der Waals surface area contributed by atoms with Gasteiger partial charge in [0.25, 0.3) is 0 Å². The van der Waals surface area contributed by atoms with Gasteiger partial charge in [0.05, 0.1) is 0 Å². The van der Waals surface area contributed by atoms with Gasteiger partial charge in [0.15, 0.2) is 0 Å². The predicted octanol–water partition coefficient (Wildman–Crippen LogP) is 3.08. The molecular formula is C11H18N2. The molecule has 0 spiro atoms. The van der Waals surface area contributed by atoms with Crippen molar-refractivity contribution < 1.29 is 0 Å². The fourth-order valence-corrected chi connectivity index (χ4v) is 1.73. The quantitative estimate of drug-likeness (QED) is 0.708. The van der Waals surface area contributed by atoms with Crippen LogP contribution in [-0.4, -0.2) is 9.97 Å². The van der Waals surface area contributed by atoms with Crippen LogP contribution in [0, 0.1) is 6.92 Å². The molecule has 0 aliphatic heterocycles. The lowest BCUT2D eigenvalue weighted by Crippen LogP contribution is -2.01. The molecule has 1 aromatic rings. The summed E-state index contributed by atoms with van der Waals surface area (Å²) < 4.78 is 0. The van der Waals surface area contributed by atoms with Gasteiger partial charge in [0.2, 0.25) is 0 Å². The first-order valence-corrected chi connectivity index (χ1v) is 5.06. The second kappa shape index (κ2) is 4.95.